The fourth-order valence-electron chi connectivity index (χ4n) is 1.02. The smallest absolute Gasteiger partial charge is 0.0346 e. The molecule has 0 aliphatic carbocycles. The summed E-state index contributed by atoms with van der Waals surface area (Å²) in [6, 6.07) is 2.01. The first kappa shape index (κ1) is 8.72. The van der Waals surface area contributed by atoms with Gasteiger partial charge in [-0.3, -0.25) is 4.98 Å². The third-order valence-electron chi connectivity index (χ3n) is 1.67. The maximum atomic E-state index is 4.06. The number of hydrogen-bond donors (Lipinski definition) is 0. The van der Waals surface area contributed by atoms with E-state index in [1.807, 2.05) is 44.5 Å². The van der Waals surface area contributed by atoms with Crippen molar-refractivity contribution in [2.45, 2.75) is 13.8 Å². The van der Waals surface area contributed by atoms with Crippen LogP contribution in [0.4, 0.5) is 0 Å². The zero-order valence-corrected chi connectivity index (χ0v) is 7.49. The average molecular weight is 159 g/mol. The number of allylic oxidation sites excluding steroid dienone is 2. The molecule has 1 aromatic heterocycles. The van der Waals surface area contributed by atoms with Gasteiger partial charge >= 0.3 is 0 Å². The van der Waals surface area contributed by atoms with Crippen molar-refractivity contribution < 1.29 is 0 Å². The van der Waals surface area contributed by atoms with Crippen LogP contribution in [0.3, 0.4) is 0 Å². The molecular formula is C11H13N. The van der Waals surface area contributed by atoms with Gasteiger partial charge in [-0.25, -0.2) is 0 Å². The zero-order chi connectivity index (χ0) is 8.81. The van der Waals surface area contributed by atoms with Gasteiger partial charge in [-0.15, -0.1) is 0 Å². The van der Waals surface area contributed by atoms with Gasteiger partial charge in [0.25, 0.3) is 0 Å². The van der Waals surface area contributed by atoms with E-state index in [9.17, 15) is 0 Å². The Bertz CT molecular complexity index is 374. The van der Waals surface area contributed by atoms with E-state index in [1.165, 1.54) is 5.22 Å². The number of hydrogen-bond acceptors (Lipinski definition) is 1. The highest BCUT2D eigenvalue weighted by Gasteiger charge is 1.79. The molecule has 1 rings (SSSR count). The SMILES string of the molecule is C\C=C/C=c1/cncc/c1=C\C. The van der Waals surface area contributed by atoms with Gasteiger partial charge in [0, 0.05) is 12.4 Å². The second-order valence-corrected chi connectivity index (χ2v) is 2.49. The fraction of sp³-hybridized carbons (Fsp3) is 0.182. The van der Waals surface area contributed by atoms with Gasteiger partial charge in [-0.2, -0.15) is 0 Å². The van der Waals surface area contributed by atoms with Crippen molar-refractivity contribution in [3.63, 3.8) is 0 Å². The summed E-state index contributed by atoms with van der Waals surface area (Å²) < 4.78 is 0. The molecule has 1 heterocycles. The Labute approximate surface area is 72.8 Å². The molecular weight excluding hydrogens is 146 g/mol. The molecule has 1 heteroatoms. The lowest BCUT2D eigenvalue weighted by Gasteiger charge is -1.85. The van der Waals surface area contributed by atoms with E-state index in [0.29, 0.717) is 0 Å². The summed E-state index contributed by atoms with van der Waals surface area (Å²) in [5.74, 6) is 0. The molecule has 0 aliphatic heterocycles. The Morgan fingerprint density at radius 2 is 2.08 bits per heavy atom. The van der Waals surface area contributed by atoms with Gasteiger partial charge in [0.15, 0.2) is 0 Å². The van der Waals surface area contributed by atoms with Crippen molar-refractivity contribution in [1.82, 2.24) is 4.98 Å². The quantitative estimate of drug-likeness (QED) is 0.600. The number of aromatic nitrogens is 1. The van der Waals surface area contributed by atoms with Gasteiger partial charge in [-0.05, 0) is 30.4 Å². The second kappa shape index (κ2) is 4.50. The van der Waals surface area contributed by atoms with Crippen LogP contribution in [-0.4, -0.2) is 4.98 Å². The highest BCUT2D eigenvalue weighted by Crippen LogP contribution is 1.71. The molecule has 0 saturated heterocycles. The van der Waals surface area contributed by atoms with E-state index < -0.39 is 0 Å². The minimum atomic E-state index is 1.16. The summed E-state index contributed by atoms with van der Waals surface area (Å²) in [5, 5.41) is 2.39. The monoisotopic (exact) mass is 159 g/mol. The molecule has 0 N–H and O–H groups in total. The van der Waals surface area contributed by atoms with E-state index in [4.69, 9.17) is 0 Å². The molecule has 12 heavy (non-hydrogen) atoms. The highest BCUT2D eigenvalue weighted by atomic mass is 14.6. The molecule has 1 aromatic rings. The van der Waals surface area contributed by atoms with E-state index in [1.54, 1.807) is 0 Å². The first-order valence-corrected chi connectivity index (χ1v) is 4.08. The van der Waals surface area contributed by atoms with Crippen molar-refractivity contribution >= 4 is 12.2 Å². The number of nitrogens with zero attached hydrogens (tertiary/aromatic N) is 1. The molecule has 0 amide bonds. The van der Waals surface area contributed by atoms with Crippen LogP contribution in [0.25, 0.3) is 12.2 Å². The summed E-state index contributed by atoms with van der Waals surface area (Å²) in [5.41, 5.74) is 0. The lowest BCUT2D eigenvalue weighted by Crippen LogP contribution is -2.23. The van der Waals surface area contributed by atoms with Crippen molar-refractivity contribution in [1.29, 1.82) is 0 Å². The molecule has 0 bridgehead atoms. The Hall–Kier alpha value is -1.37. The van der Waals surface area contributed by atoms with Crippen LogP contribution in [-0.2, 0) is 0 Å². The Kier molecular flexibility index (Phi) is 3.27. The summed E-state index contributed by atoms with van der Waals surface area (Å²) >= 11 is 0. The third-order valence-corrected chi connectivity index (χ3v) is 1.67. The Morgan fingerprint density at radius 1 is 1.25 bits per heavy atom. The minimum Gasteiger partial charge on any atom is -0.264 e. The first-order chi connectivity index (χ1) is 5.88. The zero-order valence-electron chi connectivity index (χ0n) is 7.49. The topological polar surface area (TPSA) is 12.9 Å². The van der Waals surface area contributed by atoms with Crippen LogP contribution in [0.5, 0.6) is 0 Å². The van der Waals surface area contributed by atoms with Crippen molar-refractivity contribution in [3.8, 4) is 0 Å². The summed E-state index contributed by atoms with van der Waals surface area (Å²) in [7, 11) is 0. The number of pyridine rings is 1. The van der Waals surface area contributed by atoms with Crippen LogP contribution in [0, 0.1) is 0 Å². The van der Waals surface area contributed by atoms with Crippen molar-refractivity contribution in [2.75, 3.05) is 0 Å². The van der Waals surface area contributed by atoms with E-state index in [0.717, 1.165) is 5.22 Å². The highest BCUT2D eigenvalue weighted by molar-refractivity contribution is 5.37. The molecule has 0 fully saturated rings. The molecule has 0 aliphatic rings. The summed E-state index contributed by atoms with van der Waals surface area (Å²) in [6.45, 7) is 4.03. The van der Waals surface area contributed by atoms with Crippen LogP contribution >= 0.6 is 0 Å². The fourth-order valence-corrected chi connectivity index (χ4v) is 1.02. The number of rotatable bonds is 1. The van der Waals surface area contributed by atoms with Gasteiger partial charge in [0.05, 0.1) is 0 Å². The van der Waals surface area contributed by atoms with Crippen LogP contribution in [0.1, 0.15) is 13.8 Å². The minimum absolute atomic E-state index is 1.16. The van der Waals surface area contributed by atoms with Gasteiger partial charge in [0.1, 0.15) is 0 Å². The molecule has 62 valence electrons. The Balaban J connectivity index is 3.33. The van der Waals surface area contributed by atoms with E-state index in [-0.39, 0.29) is 0 Å². The lowest BCUT2D eigenvalue weighted by atomic mass is 10.2. The molecule has 0 radical (unpaired) electrons. The maximum absolute atomic E-state index is 4.06. The Morgan fingerprint density at radius 3 is 2.75 bits per heavy atom. The first-order valence-electron chi connectivity index (χ1n) is 4.08. The van der Waals surface area contributed by atoms with Crippen molar-refractivity contribution in [3.05, 3.63) is 41.0 Å². The van der Waals surface area contributed by atoms with Crippen molar-refractivity contribution in [2.24, 2.45) is 0 Å². The molecule has 0 aromatic carbocycles. The van der Waals surface area contributed by atoms with Gasteiger partial charge < -0.3 is 0 Å². The van der Waals surface area contributed by atoms with E-state index in [2.05, 4.69) is 17.1 Å². The van der Waals surface area contributed by atoms with E-state index >= 15 is 0 Å². The molecule has 0 saturated carbocycles. The summed E-state index contributed by atoms with van der Waals surface area (Å²) in [6.07, 6.45) is 11.8. The molecule has 0 spiro atoms. The molecule has 0 atom stereocenters. The lowest BCUT2D eigenvalue weighted by molar-refractivity contribution is 1.27. The largest absolute Gasteiger partial charge is 0.264 e. The predicted octanol–water partition coefficient (Wildman–Crippen LogP) is 1.24. The van der Waals surface area contributed by atoms with Crippen LogP contribution < -0.4 is 10.4 Å². The molecule has 0 unspecified atom stereocenters. The van der Waals surface area contributed by atoms with Crippen LogP contribution in [0.2, 0.25) is 0 Å². The predicted molar refractivity (Wildman–Crippen MR) is 52.9 cm³/mol. The summed E-state index contributed by atoms with van der Waals surface area (Å²) in [4.78, 5) is 4.06. The van der Waals surface area contributed by atoms with Crippen LogP contribution in [0.15, 0.2) is 30.6 Å². The molecule has 1 nitrogen and oxygen atoms in total. The van der Waals surface area contributed by atoms with Gasteiger partial charge in [-0.1, -0.05) is 24.3 Å². The second-order valence-electron chi connectivity index (χ2n) is 2.49. The van der Waals surface area contributed by atoms with Gasteiger partial charge in [0.2, 0.25) is 0 Å². The standard InChI is InChI=1S/C11H13N/c1-3-5-6-11-9-12-8-7-10(11)4-2/h3-9H,1-2H3/b5-3-,10-4+,11-6-. The maximum Gasteiger partial charge on any atom is 0.0346 e. The normalized spacial score (nSPS) is 14.5. The average Bonchev–Trinajstić information content (AvgIpc) is 2.15. The third kappa shape index (κ3) is 2.06.